The molecule has 1 fully saturated rings. The Hall–Kier alpha value is -1.43. The lowest BCUT2D eigenvalue weighted by Gasteiger charge is -2.34. The molecule has 1 N–H and O–H groups in total. The van der Waals surface area contributed by atoms with Crippen molar-refractivity contribution in [3.8, 4) is 0 Å². The van der Waals surface area contributed by atoms with E-state index in [2.05, 4.69) is 19.3 Å². The third kappa shape index (κ3) is 3.91. The first-order chi connectivity index (χ1) is 10.3. The summed E-state index contributed by atoms with van der Waals surface area (Å²) in [6, 6.07) is -0.913. The summed E-state index contributed by atoms with van der Waals surface area (Å²) in [5.74, 6) is -0.534. The van der Waals surface area contributed by atoms with Crippen LogP contribution in [0.15, 0.2) is 0 Å². The topological polar surface area (TPSA) is 102 Å². The van der Waals surface area contributed by atoms with Crippen molar-refractivity contribution in [1.29, 1.82) is 0 Å². The number of nitrogens with one attached hydrogen (secondary N) is 1. The second kappa shape index (κ2) is 6.59. The van der Waals surface area contributed by atoms with Gasteiger partial charge >= 0.3 is 6.09 Å². The van der Waals surface area contributed by atoms with Gasteiger partial charge in [0, 0.05) is 11.5 Å². The molecule has 0 aliphatic carbocycles. The van der Waals surface area contributed by atoms with E-state index in [1.807, 2.05) is 6.92 Å². The highest BCUT2D eigenvalue weighted by Crippen LogP contribution is 2.42. The molecule has 0 bridgehead atoms. The molecule has 132 valence electrons. The first kappa shape index (κ1) is 19.6. The summed E-state index contributed by atoms with van der Waals surface area (Å²) in [5, 5.41) is 13.3. The molecule has 1 heterocycles. The molecule has 9 heteroatoms. The summed E-state index contributed by atoms with van der Waals surface area (Å²) in [4.78, 5) is 36.8. The number of hydrogen-bond donors (Lipinski definition) is 1. The van der Waals surface area contributed by atoms with Gasteiger partial charge in [-0.25, -0.2) is 4.79 Å². The number of likely N-dealkylation sites (tertiary alicyclic amines) is 1. The van der Waals surface area contributed by atoms with Gasteiger partial charge in [0.15, 0.2) is 0 Å². The highest BCUT2D eigenvalue weighted by molar-refractivity contribution is 7.19. The SMILES string of the molecule is COC(=O)N[C@H](C(=O)N1C[C@@H](C)C(C)(P)C1[N+](=O)[O-])C(C)(C)C. The maximum Gasteiger partial charge on any atom is 0.407 e. The van der Waals surface area contributed by atoms with Crippen LogP contribution in [0.3, 0.4) is 0 Å². The predicted octanol–water partition coefficient (Wildman–Crippen LogP) is 1.47. The molecule has 8 nitrogen and oxygen atoms in total. The fourth-order valence-electron chi connectivity index (χ4n) is 2.72. The molecule has 23 heavy (non-hydrogen) atoms. The van der Waals surface area contributed by atoms with Crippen molar-refractivity contribution in [3.63, 3.8) is 0 Å². The second-order valence-electron chi connectivity index (χ2n) is 7.35. The van der Waals surface area contributed by atoms with E-state index in [9.17, 15) is 19.7 Å². The van der Waals surface area contributed by atoms with Crippen molar-refractivity contribution in [3.05, 3.63) is 10.1 Å². The molecule has 1 saturated heterocycles. The maximum atomic E-state index is 12.9. The molecule has 5 atom stereocenters. The van der Waals surface area contributed by atoms with Gasteiger partial charge in [0.25, 0.3) is 12.1 Å². The Morgan fingerprint density at radius 3 is 2.39 bits per heavy atom. The lowest BCUT2D eigenvalue weighted by molar-refractivity contribution is -0.546. The quantitative estimate of drug-likeness (QED) is 0.473. The van der Waals surface area contributed by atoms with Gasteiger partial charge < -0.3 is 10.1 Å². The maximum absolute atomic E-state index is 12.9. The third-order valence-corrected chi connectivity index (χ3v) is 5.29. The molecular formula is C14H26N3O5P. The van der Waals surface area contributed by atoms with E-state index >= 15 is 0 Å². The minimum Gasteiger partial charge on any atom is -0.453 e. The molecule has 3 unspecified atom stereocenters. The number of methoxy groups -OCH3 is 1. The number of carbonyl (C=O) groups is 2. The Kier molecular flexibility index (Phi) is 5.62. The Morgan fingerprint density at radius 2 is 2.00 bits per heavy atom. The summed E-state index contributed by atoms with van der Waals surface area (Å²) in [6.07, 6.45) is -1.89. The molecule has 0 radical (unpaired) electrons. The Balaban J connectivity index is 3.17. The number of amides is 2. The molecule has 2 amide bonds. The number of nitrogens with zero attached hydrogens (tertiary/aromatic N) is 2. The van der Waals surface area contributed by atoms with Crippen molar-refractivity contribution >= 4 is 21.2 Å². The van der Waals surface area contributed by atoms with Gasteiger partial charge in [-0.3, -0.25) is 19.8 Å². The normalized spacial score (nSPS) is 29.1. The first-order valence-electron chi connectivity index (χ1n) is 7.41. The summed E-state index contributed by atoms with van der Waals surface area (Å²) < 4.78 is 4.57. The van der Waals surface area contributed by atoms with Crippen LogP contribution < -0.4 is 5.32 Å². The number of alkyl carbamates (subject to hydrolysis) is 1. The lowest BCUT2D eigenvalue weighted by atomic mass is 9.86. The van der Waals surface area contributed by atoms with Gasteiger partial charge in [0.1, 0.15) is 6.04 Å². The first-order valence-corrected chi connectivity index (χ1v) is 7.99. The highest BCUT2D eigenvalue weighted by Gasteiger charge is 2.57. The van der Waals surface area contributed by atoms with Gasteiger partial charge in [-0.05, 0) is 18.3 Å². The van der Waals surface area contributed by atoms with E-state index in [1.165, 1.54) is 12.0 Å². The van der Waals surface area contributed by atoms with Crippen molar-refractivity contribution < 1.29 is 19.2 Å². The molecule has 0 aromatic carbocycles. The Labute approximate surface area is 138 Å². The summed E-state index contributed by atoms with van der Waals surface area (Å²) >= 11 is 0. The van der Waals surface area contributed by atoms with E-state index in [-0.39, 0.29) is 12.5 Å². The average molecular weight is 347 g/mol. The summed E-state index contributed by atoms with van der Waals surface area (Å²) in [7, 11) is 3.71. The number of nitro groups is 1. The number of ether oxygens (including phenoxy) is 1. The zero-order valence-electron chi connectivity index (χ0n) is 14.5. The van der Waals surface area contributed by atoms with Crippen LogP contribution in [0, 0.1) is 21.4 Å². The van der Waals surface area contributed by atoms with E-state index < -0.39 is 39.7 Å². The monoisotopic (exact) mass is 347 g/mol. The third-order valence-electron chi connectivity index (χ3n) is 4.43. The van der Waals surface area contributed by atoms with Crippen LogP contribution in [0.25, 0.3) is 0 Å². The van der Waals surface area contributed by atoms with Crippen LogP contribution in [0.1, 0.15) is 34.6 Å². The van der Waals surface area contributed by atoms with Crippen LogP contribution in [-0.2, 0) is 9.53 Å². The lowest BCUT2D eigenvalue weighted by Crippen LogP contribution is -2.58. The Morgan fingerprint density at radius 1 is 1.48 bits per heavy atom. The molecule has 1 aliphatic rings. The zero-order valence-corrected chi connectivity index (χ0v) is 15.6. The average Bonchev–Trinajstić information content (AvgIpc) is 2.64. The standard InChI is InChI=1S/C14H26N3O5P/c1-8-7-16(11(17(20)21)14(8,5)23)10(18)9(13(2,3)4)15-12(19)22-6/h8-9,11H,7,23H2,1-6H3,(H,15,19)/t8-,9-,11?,14?/m1/s1. The van der Waals surface area contributed by atoms with Crippen LogP contribution in [0.2, 0.25) is 0 Å². The summed E-state index contributed by atoms with van der Waals surface area (Å²) in [6.45, 7) is 9.24. The fourth-order valence-corrected chi connectivity index (χ4v) is 3.13. The van der Waals surface area contributed by atoms with Gasteiger partial charge in [-0.2, -0.15) is 0 Å². The van der Waals surface area contributed by atoms with Gasteiger partial charge in [-0.1, -0.05) is 27.7 Å². The molecule has 1 rings (SSSR count). The van der Waals surface area contributed by atoms with Crippen LogP contribution in [0.5, 0.6) is 0 Å². The fraction of sp³-hybridized carbons (Fsp3) is 0.857. The minimum absolute atomic E-state index is 0.0643. The second-order valence-corrected chi connectivity index (χ2v) is 8.60. The zero-order chi connectivity index (χ0) is 18.2. The van der Waals surface area contributed by atoms with Crippen LogP contribution >= 0.6 is 9.24 Å². The van der Waals surface area contributed by atoms with Crippen LogP contribution in [-0.4, -0.2) is 52.8 Å². The minimum atomic E-state index is -1.15. The Bertz CT molecular complexity index is 503. The van der Waals surface area contributed by atoms with E-state index in [4.69, 9.17) is 0 Å². The van der Waals surface area contributed by atoms with Gasteiger partial charge in [0.05, 0.1) is 12.3 Å². The van der Waals surface area contributed by atoms with E-state index in [1.54, 1.807) is 27.7 Å². The van der Waals surface area contributed by atoms with E-state index in [0.29, 0.717) is 0 Å². The predicted molar refractivity (Wildman–Crippen MR) is 88.6 cm³/mol. The highest BCUT2D eigenvalue weighted by atomic mass is 31.0. The molecule has 0 aromatic heterocycles. The largest absolute Gasteiger partial charge is 0.453 e. The van der Waals surface area contributed by atoms with Crippen LogP contribution in [0.4, 0.5) is 4.79 Å². The van der Waals surface area contributed by atoms with Gasteiger partial charge in [-0.15, -0.1) is 9.24 Å². The van der Waals surface area contributed by atoms with Crippen molar-refractivity contribution in [2.45, 2.75) is 52.0 Å². The number of carbonyl (C=O) groups excluding carboxylic acids is 2. The summed E-state index contributed by atoms with van der Waals surface area (Å²) in [5.41, 5.74) is -0.616. The molecular weight excluding hydrogens is 321 g/mol. The van der Waals surface area contributed by atoms with Gasteiger partial charge in [0.2, 0.25) is 0 Å². The number of hydrogen-bond acceptors (Lipinski definition) is 5. The molecule has 0 saturated carbocycles. The molecule has 1 aliphatic heterocycles. The molecule has 0 aromatic rings. The van der Waals surface area contributed by atoms with Crippen molar-refractivity contribution in [1.82, 2.24) is 10.2 Å². The van der Waals surface area contributed by atoms with E-state index in [0.717, 1.165) is 0 Å². The van der Waals surface area contributed by atoms with Crippen molar-refractivity contribution in [2.24, 2.45) is 11.3 Å². The smallest absolute Gasteiger partial charge is 0.407 e. The molecule has 0 spiro atoms. The number of rotatable bonds is 3. The van der Waals surface area contributed by atoms with Crippen molar-refractivity contribution in [2.75, 3.05) is 13.7 Å².